The van der Waals surface area contributed by atoms with Crippen molar-refractivity contribution in [2.45, 2.75) is 20.3 Å². The molecular formula is C22H26ClN5O2. The molecule has 0 bridgehead atoms. The number of aromatic nitrogens is 2. The zero-order valence-corrected chi connectivity index (χ0v) is 18.3. The van der Waals surface area contributed by atoms with Gasteiger partial charge in [0.1, 0.15) is 11.4 Å². The summed E-state index contributed by atoms with van der Waals surface area (Å²) in [5.74, 6) is 0. The molecule has 0 aliphatic carbocycles. The molecule has 3 aromatic rings. The number of aryl methyl sites for hydroxylation is 2. The smallest absolute Gasteiger partial charge is 0.253 e. The van der Waals surface area contributed by atoms with Crippen molar-refractivity contribution in [3.05, 3.63) is 66.7 Å². The highest BCUT2D eigenvalue weighted by atomic mass is 35.5. The third kappa shape index (κ3) is 3.69. The van der Waals surface area contributed by atoms with E-state index in [9.17, 15) is 9.59 Å². The van der Waals surface area contributed by atoms with Crippen LogP contribution in [0, 0.1) is 13.8 Å². The summed E-state index contributed by atoms with van der Waals surface area (Å²) < 4.78 is 1.87. The third-order valence-electron chi connectivity index (χ3n) is 5.99. The molecule has 1 N–H and O–H groups in total. The molecule has 1 saturated heterocycles. The van der Waals surface area contributed by atoms with E-state index in [2.05, 4.69) is 15.3 Å². The van der Waals surface area contributed by atoms with E-state index in [1.54, 1.807) is 0 Å². The molecular weight excluding hydrogens is 402 g/mol. The fourth-order valence-corrected chi connectivity index (χ4v) is 4.38. The number of piperazine rings is 1. The van der Waals surface area contributed by atoms with E-state index in [1.165, 1.54) is 5.56 Å². The minimum Gasteiger partial charge on any atom is -0.380 e. The van der Waals surface area contributed by atoms with Gasteiger partial charge in [-0.3, -0.25) is 14.3 Å². The Morgan fingerprint density at radius 3 is 2.40 bits per heavy atom. The van der Waals surface area contributed by atoms with Crippen molar-refractivity contribution in [3.63, 3.8) is 0 Å². The molecule has 0 amide bonds. The lowest BCUT2D eigenvalue weighted by Crippen LogP contribution is -2.51. The molecule has 1 aliphatic rings. The first-order valence-electron chi connectivity index (χ1n) is 10.2. The van der Waals surface area contributed by atoms with Gasteiger partial charge in [-0.25, -0.2) is 0 Å². The minimum atomic E-state index is -0.415. The number of rotatable bonds is 6. The van der Waals surface area contributed by atoms with Gasteiger partial charge in [0.2, 0.25) is 0 Å². The lowest BCUT2D eigenvalue weighted by molar-refractivity contribution is 0.650. The molecule has 0 spiro atoms. The minimum absolute atomic E-state index is 0.387. The maximum Gasteiger partial charge on any atom is 0.253 e. The number of hydrogen-bond acceptors (Lipinski definition) is 6. The van der Waals surface area contributed by atoms with Crippen LogP contribution in [0.2, 0.25) is 5.02 Å². The van der Waals surface area contributed by atoms with Gasteiger partial charge in [0.05, 0.1) is 5.69 Å². The lowest BCUT2D eigenvalue weighted by Gasteiger charge is -2.38. The molecule has 1 aliphatic heterocycles. The van der Waals surface area contributed by atoms with Crippen molar-refractivity contribution in [2.75, 3.05) is 47.8 Å². The number of hydrogen-bond donors (Lipinski definition) is 1. The van der Waals surface area contributed by atoms with Crippen LogP contribution in [0.4, 0.5) is 17.1 Å². The average molecular weight is 428 g/mol. The van der Waals surface area contributed by atoms with E-state index in [0.29, 0.717) is 36.0 Å². The number of halogens is 1. The Kier molecular flexibility index (Phi) is 5.56. The van der Waals surface area contributed by atoms with Gasteiger partial charge >= 0.3 is 0 Å². The van der Waals surface area contributed by atoms with Crippen LogP contribution < -0.4 is 26.0 Å². The number of anilines is 3. The Balaban J connectivity index is 1.40. The molecule has 0 radical (unpaired) electrons. The topological polar surface area (TPSA) is 70.5 Å². The molecule has 0 atom stereocenters. The SMILES string of the molecule is Cc1nn(C)c(C)c1CCNc1c(N2CCN(c3cccc(Cl)c3)CC2)c(=O)c1=O. The van der Waals surface area contributed by atoms with E-state index in [1.807, 2.05) is 54.7 Å². The Bertz CT molecular complexity index is 1140. The summed E-state index contributed by atoms with van der Waals surface area (Å²) in [6.07, 6.45) is 0.756. The van der Waals surface area contributed by atoms with Crippen LogP contribution in [0.15, 0.2) is 33.9 Å². The van der Waals surface area contributed by atoms with Crippen LogP contribution >= 0.6 is 11.6 Å². The van der Waals surface area contributed by atoms with Gasteiger partial charge < -0.3 is 15.1 Å². The highest BCUT2D eigenvalue weighted by Crippen LogP contribution is 2.25. The molecule has 8 heteroatoms. The summed E-state index contributed by atoms with van der Waals surface area (Å²) in [5, 5.41) is 8.35. The summed E-state index contributed by atoms with van der Waals surface area (Å²) in [5.41, 5.74) is 4.56. The largest absolute Gasteiger partial charge is 0.380 e. The zero-order valence-electron chi connectivity index (χ0n) is 17.5. The van der Waals surface area contributed by atoms with Gasteiger partial charge in [-0.2, -0.15) is 5.10 Å². The highest BCUT2D eigenvalue weighted by Gasteiger charge is 2.28. The Morgan fingerprint density at radius 2 is 1.77 bits per heavy atom. The van der Waals surface area contributed by atoms with Crippen LogP contribution in [0.3, 0.4) is 0 Å². The fourth-order valence-electron chi connectivity index (χ4n) is 4.20. The molecule has 2 heterocycles. The average Bonchev–Trinajstić information content (AvgIpc) is 2.98. The molecule has 0 saturated carbocycles. The summed E-state index contributed by atoms with van der Waals surface area (Å²) >= 11 is 6.10. The standard InChI is InChI=1S/C22H26ClN5O2/c1-14-18(15(2)26(3)25-14)7-8-24-19-20(22(30)21(19)29)28-11-9-27(10-12-28)17-6-4-5-16(23)13-17/h4-6,13,24H,7-12H2,1-3H3. The zero-order chi connectivity index (χ0) is 21.4. The molecule has 7 nitrogen and oxygen atoms in total. The summed E-state index contributed by atoms with van der Waals surface area (Å²) in [6.45, 7) is 7.54. The lowest BCUT2D eigenvalue weighted by atomic mass is 10.1. The van der Waals surface area contributed by atoms with Crippen LogP contribution in [-0.4, -0.2) is 42.5 Å². The molecule has 0 unspecified atom stereocenters. The van der Waals surface area contributed by atoms with Crippen LogP contribution in [0.1, 0.15) is 17.0 Å². The molecule has 2 aromatic carbocycles. The monoisotopic (exact) mass is 427 g/mol. The maximum atomic E-state index is 12.3. The van der Waals surface area contributed by atoms with Crippen LogP contribution in [0.5, 0.6) is 0 Å². The first-order valence-corrected chi connectivity index (χ1v) is 10.6. The summed E-state index contributed by atoms with van der Waals surface area (Å²) in [4.78, 5) is 28.7. The predicted molar refractivity (Wildman–Crippen MR) is 122 cm³/mol. The molecule has 30 heavy (non-hydrogen) atoms. The van der Waals surface area contributed by atoms with E-state index in [4.69, 9.17) is 11.6 Å². The Hall–Kier alpha value is -2.80. The molecule has 158 valence electrons. The maximum absolute atomic E-state index is 12.3. The van der Waals surface area contributed by atoms with Gasteiger partial charge in [0, 0.05) is 56.2 Å². The van der Waals surface area contributed by atoms with E-state index in [0.717, 1.165) is 36.6 Å². The van der Waals surface area contributed by atoms with E-state index in [-0.39, 0.29) is 5.43 Å². The van der Waals surface area contributed by atoms with Gasteiger partial charge in [-0.15, -0.1) is 0 Å². The van der Waals surface area contributed by atoms with Crippen LogP contribution in [-0.2, 0) is 13.5 Å². The second-order valence-corrected chi connectivity index (χ2v) is 8.22. The van der Waals surface area contributed by atoms with Crippen molar-refractivity contribution in [2.24, 2.45) is 7.05 Å². The summed E-state index contributed by atoms with van der Waals surface area (Å²) in [6, 6.07) is 7.78. The van der Waals surface area contributed by atoms with Gasteiger partial charge in [-0.05, 0) is 44.0 Å². The van der Waals surface area contributed by atoms with Crippen molar-refractivity contribution >= 4 is 28.7 Å². The van der Waals surface area contributed by atoms with Crippen molar-refractivity contribution < 1.29 is 0 Å². The van der Waals surface area contributed by atoms with Crippen LogP contribution in [0.25, 0.3) is 0 Å². The van der Waals surface area contributed by atoms with E-state index < -0.39 is 5.43 Å². The quantitative estimate of drug-likeness (QED) is 0.608. The van der Waals surface area contributed by atoms with Gasteiger partial charge in [-0.1, -0.05) is 17.7 Å². The van der Waals surface area contributed by atoms with Gasteiger partial charge in [0.15, 0.2) is 0 Å². The normalized spacial score (nSPS) is 14.5. The first kappa shape index (κ1) is 20.5. The van der Waals surface area contributed by atoms with Crippen molar-refractivity contribution in [1.29, 1.82) is 0 Å². The molecule has 1 aromatic heterocycles. The highest BCUT2D eigenvalue weighted by molar-refractivity contribution is 6.30. The first-order chi connectivity index (χ1) is 14.4. The second kappa shape index (κ2) is 8.14. The van der Waals surface area contributed by atoms with Gasteiger partial charge in [0.25, 0.3) is 10.9 Å². The predicted octanol–water partition coefficient (Wildman–Crippen LogP) is 2.27. The Labute approximate surface area is 180 Å². The fraction of sp³-hybridized carbons (Fsp3) is 0.409. The number of nitrogens with zero attached hydrogens (tertiary/aromatic N) is 4. The molecule has 4 rings (SSSR count). The molecule has 1 fully saturated rings. The Morgan fingerprint density at radius 1 is 1.07 bits per heavy atom. The second-order valence-electron chi connectivity index (χ2n) is 7.79. The number of benzene rings is 1. The number of nitrogens with one attached hydrogen (secondary N) is 1. The van der Waals surface area contributed by atoms with Crippen molar-refractivity contribution in [3.8, 4) is 0 Å². The van der Waals surface area contributed by atoms with Crippen molar-refractivity contribution in [1.82, 2.24) is 9.78 Å². The third-order valence-corrected chi connectivity index (χ3v) is 6.23. The van der Waals surface area contributed by atoms with E-state index >= 15 is 0 Å². The summed E-state index contributed by atoms with van der Waals surface area (Å²) in [7, 11) is 1.93.